The van der Waals surface area contributed by atoms with Crippen LogP contribution in [0.1, 0.15) is 22.8 Å². The Morgan fingerprint density at radius 1 is 1.20 bits per heavy atom. The Hall–Kier alpha value is -2.66. The summed E-state index contributed by atoms with van der Waals surface area (Å²) < 4.78 is 75.4. The van der Waals surface area contributed by atoms with Gasteiger partial charge in [0.05, 0.1) is 4.92 Å². The highest BCUT2D eigenvalue weighted by molar-refractivity contribution is 5.42. The highest BCUT2D eigenvalue weighted by Crippen LogP contribution is 2.30. The van der Waals surface area contributed by atoms with E-state index in [9.17, 15) is 36.5 Å². The SMILES string of the molecule is Cc1cc(Cc2nc(C(F)(F)F)n(CC(F)(F)F)n2)ccc1[N+](=O)[O-]. The fourth-order valence-electron chi connectivity index (χ4n) is 2.17. The Morgan fingerprint density at radius 3 is 2.32 bits per heavy atom. The van der Waals surface area contributed by atoms with Gasteiger partial charge in [0.1, 0.15) is 6.54 Å². The number of alkyl halides is 6. The Morgan fingerprint density at radius 2 is 1.84 bits per heavy atom. The molecule has 0 radical (unpaired) electrons. The van der Waals surface area contributed by atoms with Crippen LogP contribution in [0, 0.1) is 17.0 Å². The molecule has 0 fully saturated rings. The van der Waals surface area contributed by atoms with Crippen LogP contribution < -0.4 is 0 Å². The fourth-order valence-corrected chi connectivity index (χ4v) is 2.17. The molecule has 12 heteroatoms. The Labute approximate surface area is 136 Å². The molecule has 0 spiro atoms. The lowest BCUT2D eigenvalue weighted by atomic mass is 10.1. The summed E-state index contributed by atoms with van der Waals surface area (Å²) in [5.41, 5.74) is 0.407. The van der Waals surface area contributed by atoms with Crippen LogP contribution in [0.15, 0.2) is 18.2 Å². The molecule has 0 aliphatic rings. The van der Waals surface area contributed by atoms with E-state index in [2.05, 4.69) is 10.1 Å². The third kappa shape index (κ3) is 4.67. The second-order valence-corrected chi connectivity index (χ2v) is 5.18. The van der Waals surface area contributed by atoms with Gasteiger partial charge in [0, 0.05) is 18.1 Å². The van der Waals surface area contributed by atoms with Gasteiger partial charge in [-0.15, -0.1) is 0 Å². The number of nitro groups is 1. The molecular weight excluding hydrogens is 358 g/mol. The molecule has 0 bridgehead atoms. The number of nitrogens with zero attached hydrogens (tertiary/aromatic N) is 4. The Bertz CT molecular complexity index is 797. The van der Waals surface area contributed by atoms with Crippen molar-refractivity contribution in [3.63, 3.8) is 0 Å². The number of hydrogen-bond donors (Lipinski definition) is 0. The lowest BCUT2D eigenvalue weighted by molar-refractivity contribution is -0.385. The Balaban J connectivity index is 2.34. The van der Waals surface area contributed by atoms with E-state index in [0.717, 1.165) is 6.07 Å². The molecule has 0 amide bonds. The predicted octanol–water partition coefficient (Wildman–Crippen LogP) is 3.67. The molecule has 2 rings (SSSR count). The second kappa shape index (κ2) is 6.33. The summed E-state index contributed by atoms with van der Waals surface area (Å²) in [4.78, 5) is 13.2. The maximum Gasteiger partial charge on any atom is 0.451 e. The average Bonchev–Trinajstić information content (AvgIpc) is 2.78. The van der Waals surface area contributed by atoms with Crippen LogP contribution >= 0.6 is 0 Å². The molecular formula is C13H10F6N4O2. The highest BCUT2D eigenvalue weighted by Gasteiger charge is 2.41. The van der Waals surface area contributed by atoms with E-state index in [1.165, 1.54) is 19.1 Å². The molecule has 0 atom stereocenters. The van der Waals surface area contributed by atoms with Gasteiger partial charge in [-0.05, 0) is 18.6 Å². The van der Waals surface area contributed by atoms with Crippen LogP contribution in [0.25, 0.3) is 0 Å². The first-order chi connectivity index (χ1) is 11.4. The van der Waals surface area contributed by atoms with Gasteiger partial charge in [0.15, 0.2) is 5.82 Å². The third-order valence-corrected chi connectivity index (χ3v) is 3.12. The van der Waals surface area contributed by atoms with Gasteiger partial charge in [0.2, 0.25) is 5.82 Å². The Kier molecular flexibility index (Phi) is 4.73. The van der Waals surface area contributed by atoms with Crippen molar-refractivity contribution in [2.45, 2.75) is 32.2 Å². The topological polar surface area (TPSA) is 73.8 Å². The number of rotatable bonds is 4. The second-order valence-electron chi connectivity index (χ2n) is 5.18. The zero-order valence-corrected chi connectivity index (χ0v) is 12.5. The van der Waals surface area contributed by atoms with Crippen LogP contribution in [-0.4, -0.2) is 25.9 Å². The fraction of sp³-hybridized carbons (Fsp3) is 0.385. The van der Waals surface area contributed by atoms with Gasteiger partial charge in [-0.3, -0.25) is 10.1 Å². The van der Waals surface area contributed by atoms with Gasteiger partial charge in [0.25, 0.3) is 5.69 Å². The lowest BCUT2D eigenvalue weighted by Gasteiger charge is -2.10. The molecule has 0 saturated carbocycles. The zero-order chi connectivity index (χ0) is 19.0. The number of hydrogen-bond acceptors (Lipinski definition) is 4. The summed E-state index contributed by atoms with van der Waals surface area (Å²) in [6.45, 7) is -0.493. The molecule has 0 aliphatic heterocycles. The largest absolute Gasteiger partial charge is 0.451 e. The number of aromatic nitrogens is 3. The molecule has 0 N–H and O–H groups in total. The van der Waals surface area contributed by atoms with E-state index in [1.807, 2.05) is 0 Å². The van der Waals surface area contributed by atoms with Crippen LogP contribution in [0.4, 0.5) is 32.0 Å². The van der Waals surface area contributed by atoms with Crippen molar-refractivity contribution in [3.8, 4) is 0 Å². The van der Waals surface area contributed by atoms with Crippen molar-refractivity contribution in [1.29, 1.82) is 0 Å². The molecule has 1 aromatic heterocycles. The van der Waals surface area contributed by atoms with Crippen molar-refractivity contribution >= 4 is 5.69 Å². The molecule has 0 saturated heterocycles. The van der Waals surface area contributed by atoms with Gasteiger partial charge in [-0.2, -0.15) is 31.4 Å². The van der Waals surface area contributed by atoms with E-state index in [1.54, 1.807) is 0 Å². The van der Waals surface area contributed by atoms with Crippen LogP contribution in [-0.2, 0) is 19.1 Å². The molecule has 1 aromatic carbocycles. The summed E-state index contributed by atoms with van der Waals surface area (Å²) in [7, 11) is 0. The molecule has 1 heterocycles. The van der Waals surface area contributed by atoms with Crippen molar-refractivity contribution < 1.29 is 31.3 Å². The maximum absolute atomic E-state index is 12.8. The predicted molar refractivity (Wildman–Crippen MR) is 71.7 cm³/mol. The lowest BCUT2D eigenvalue weighted by Crippen LogP contribution is -2.24. The molecule has 25 heavy (non-hydrogen) atoms. The van der Waals surface area contributed by atoms with Gasteiger partial charge < -0.3 is 0 Å². The number of benzene rings is 1. The van der Waals surface area contributed by atoms with E-state index < -0.39 is 35.5 Å². The maximum atomic E-state index is 12.8. The minimum atomic E-state index is -5.10. The first kappa shape index (κ1) is 18.7. The summed E-state index contributed by atoms with van der Waals surface area (Å²) in [5.74, 6) is -2.22. The van der Waals surface area contributed by atoms with Gasteiger partial charge >= 0.3 is 12.4 Å². The van der Waals surface area contributed by atoms with Gasteiger partial charge in [-0.1, -0.05) is 6.07 Å². The van der Waals surface area contributed by atoms with Crippen molar-refractivity contribution in [2.24, 2.45) is 0 Å². The normalized spacial score (nSPS) is 12.4. The quantitative estimate of drug-likeness (QED) is 0.469. The summed E-state index contributed by atoms with van der Waals surface area (Å²) >= 11 is 0. The van der Waals surface area contributed by atoms with Crippen molar-refractivity contribution in [3.05, 3.63) is 51.1 Å². The summed E-state index contributed by atoms with van der Waals surface area (Å²) in [5, 5.41) is 14.0. The van der Waals surface area contributed by atoms with Crippen molar-refractivity contribution in [2.75, 3.05) is 0 Å². The summed E-state index contributed by atoms with van der Waals surface area (Å²) in [6, 6.07) is 3.78. The van der Waals surface area contributed by atoms with Gasteiger partial charge in [-0.25, -0.2) is 9.67 Å². The minimum Gasteiger partial charge on any atom is -0.258 e. The smallest absolute Gasteiger partial charge is 0.258 e. The van der Waals surface area contributed by atoms with E-state index in [0.29, 0.717) is 5.56 Å². The first-order valence-corrected chi connectivity index (χ1v) is 6.68. The summed E-state index contributed by atoms with van der Waals surface area (Å²) in [6.07, 6.45) is -10.3. The van der Waals surface area contributed by atoms with E-state index >= 15 is 0 Å². The molecule has 0 unspecified atom stereocenters. The van der Waals surface area contributed by atoms with E-state index in [-0.39, 0.29) is 22.4 Å². The number of halogens is 6. The minimum absolute atomic E-state index is 0.185. The average molecular weight is 368 g/mol. The third-order valence-electron chi connectivity index (χ3n) is 3.12. The standard InChI is InChI=1S/C13H10F6N4O2/c1-7-4-8(2-3-9(7)23(24)25)5-10-20-11(13(17,18)19)22(21-10)6-12(14,15)16/h2-4H,5-6H2,1H3. The monoisotopic (exact) mass is 368 g/mol. The van der Waals surface area contributed by atoms with Crippen molar-refractivity contribution in [1.82, 2.24) is 14.8 Å². The van der Waals surface area contributed by atoms with Crippen LogP contribution in [0.5, 0.6) is 0 Å². The first-order valence-electron chi connectivity index (χ1n) is 6.68. The van der Waals surface area contributed by atoms with E-state index in [4.69, 9.17) is 0 Å². The molecule has 0 aliphatic carbocycles. The number of nitro benzene ring substituents is 1. The zero-order valence-electron chi connectivity index (χ0n) is 12.5. The van der Waals surface area contributed by atoms with Crippen LogP contribution in [0.3, 0.4) is 0 Å². The highest BCUT2D eigenvalue weighted by atomic mass is 19.4. The molecule has 2 aromatic rings. The molecule has 6 nitrogen and oxygen atoms in total. The number of aryl methyl sites for hydroxylation is 1. The molecule has 136 valence electrons. The van der Waals surface area contributed by atoms with Crippen LogP contribution in [0.2, 0.25) is 0 Å².